The second-order valence-corrected chi connectivity index (χ2v) is 8.57. The first-order valence-corrected chi connectivity index (χ1v) is 12.0. The molecule has 0 aliphatic carbocycles. The van der Waals surface area contributed by atoms with E-state index in [1.165, 1.54) is 10.7 Å². The van der Waals surface area contributed by atoms with Crippen molar-refractivity contribution in [1.29, 1.82) is 0 Å². The van der Waals surface area contributed by atoms with Gasteiger partial charge in [-0.2, -0.15) is 5.10 Å². The standard InChI is InChI=1S/C26H29ClN4O3/c1-2-34-21-11-9-20(10-12-21)23-13-14-26(33)31(28-23)15-5-8-25(32)30-18-16-29(17-19-30)24-7-4-3-6-22(24)27/h3-4,6-7,9-14H,2,5,8,15-19H2,1H3. The Morgan fingerprint density at radius 2 is 1.74 bits per heavy atom. The number of halogens is 1. The van der Waals surface area contributed by atoms with E-state index in [2.05, 4.69) is 10.00 Å². The molecule has 0 N–H and O–H groups in total. The largest absolute Gasteiger partial charge is 0.494 e. The van der Waals surface area contributed by atoms with Gasteiger partial charge in [-0.1, -0.05) is 23.7 Å². The summed E-state index contributed by atoms with van der Waals surface area (Å²) >= 11 is 6.30. The third-order valence-corrected chi connectivity index (χ3v) is 6.23. The monoisotopic (exact) mass is 480 g/mol. The Balaban J connectivity index is 1.29. The van der Waals surface area contributed by atoms with Gasteiger partial charge in [-0.3, -0.25) is 9.59 Å². The SMILES string of the molecule is CCOc1ccc(-c2ccc(=O)n(CCCC(=O)N3CCN(c4ccccc4Cl)CC3)n2)cc1. The molecule has 0 spiro atoms. The number of anilines is 1. The summed E-state index contributed by atoms with van der Waals surface area (Å²) in [5.74, 6) is 0.903. The first kappa shape index (κ1) is 23.8. The molecule has 1 saturated heterocycles. The fraction of sp³-hybridized carbons (Fsp3) is 0.346. The van der Waals surface area contributed by atoms with E-state index in [0.717, 1.165) is 35.1 Å². The molecule has 1 amide bonds. The van der Waals surface area contributed by atoms with Crippen LogP contribution in [0, 0.1) is 0 Å². The van der Waals surface area contributed by atoms with Crippen molar-refractivity contribution in [2.24, 2.45) is 0 Å². The number of carbonyl (C=O) groups is 1. The predicted octanol–water partition coefficient (Wildman–Crippen LogP) is 4.09. The van der Waals surface area contributed by atoms with Crippen LogP contribution in [0.2, 0.25) is 5.02 Å². The number of nitrogens with zero attached hydrogens (tertiary/aromatic N) is 4. The summed E-state index contributed by atoms with van der Waals surface area (Å²) in [5.41, 5.74) is 2.46. The van der Waals surface area contributed by atoms with Gasteiger partial charge in [0.05, 0.1) is 23.0 Å². The lowest BCUT2D eigenvalue weighted by Gasteiger charge is -2.36. The average molecular weight is 481 g/mol. The summed E-state index contributed by atoms with van der Waals surface area (Å²) in [6.07, 6.45) is 0.941. The minimum atomic E-state index is -0.171. The van der Waals surface area contributed by atoms with Crippen LogP contribution < -0.4 is 15.2 Å². The lowest BCUT2D eigenvalue weighted by Crippen LogP contribution is -2.48. The van der Waals surface area contributed by atoms with Crippen LogP contribution in [0.15, 0.2) is 65.5 Å². The van der Waals surface area contributed by atoms with E-state index in [-0.39, 0.29) is 11.5 Å². The quantitative estimate of drug-likeness (QED) is 0.485. The minimum Gasteiger partial charge on any atom is -0.494 e. The Labute approximate surface area is 204 Å². The number of ether oxygens (including phenoxy) is 1. The van der Waals surface area contributed by atoms with Gasteiger partial charge in [0.2, 0.25) is 5.91 Å². The Hall–Kier alpha value is -3.32. The molecule has 8 heteroatoms. The van der Waals surface area contributed by atoms with Crippen LogP contribution >= 0.6 is 11.6 Å². The zero-order chi connectivity index (χ0) is 23.9. The second-order valence-electron chi connectivity index (χ2n) is 8.16. The van der Waals surface area contributed by atoms with Gasteiger partial charge < -0.3 is 14.5 Å². The van der Waals surface area contributed by atoms with Crippen molar-refractivity contribution in [3.8, 4) is 17.0 Å². The number of carbonyl (C=O) groups excluding carboxylic acids is 1. The van der Waals surface area contributed by atoms with Gasteiger partial charge in [-0.25, -0.2) is 4.68 Å². The Bertz CT molecular complexity index is 1170. The highest BCUT2D eigenvalue weighted by Crippen LogP contribution is 2.26. The van der Waals surface area contributed by atoms with Crippen LogP contribution in [0.25, 0.3) is 11.3 Å². The summed E-state index contributed by atoms with van der Waals surface area (Å²) < 4.78 is 6.92. The minimum absolute atomic E-state index is 0.106. The maximum atomic E-state index is 12.7. The molecule has 2 aromatic carbocycles. The van der Waals surface area contributed by atoms with Gasteiger partial charge in [0, 0.05) is 50.8 Å². The van der Waals surface area contributed by atoms with Crippen molar-refractivity contribution < 1.29 is 9.53 Å². The summed E-state index contributed by atoms with van der Waals surface area (Å²) in [6, 6.07) is 18.6. The molecule has 0 radical (unpaired) electrons. The number of amides is 1. The second kappa shape index (κ2) is 11.2. The van der Waals surface area contributed by atoms with Crippen LogP contribution in [-0.4, -0.2) is 53.4 Å². The van der Waals surface area contributed by atoms with Crippen molar-refractivity contribution in [2.45, 2.75) is 26.3 Å². The smallest absolute Gasteiger partial charge is 0.266 e. The number of hydrogen-bond donors (Lipinski definition) is 0. The topological polar surface area (TPSA) is 67.7 Å². The number of para-hydroxylation sites is 1. The normalized spacial score (nSPS) is 13.7. The van der Waals surface area contributed by atoms with E-state index in [1.807, 2.05) is 60.4 Å². The zero-order valence-electron chi connectivity index (χ0n) is 19.3. The molecule has 1 fully saturated rings. The van der Waals surface area contributed by atoms with Gasteiger partial charge in [0.1, 0.15) is 5.75 Å². The van der Waals surface area contributed by atoms with E-state index >= 15 is 0 Å². The van der Waals surface area contributed by atoms with Crippen LogP contribution in [0.1, 0.15) is 19.8 Å². The highest BCUT2D eigenvalue weighted by atomic mass is 35.5. The first-order valence-electron chi connectivity index (χ1n) is 11.6. The van der Waals surface area contributed by atoms with E-state index in [9.17, 15) is 9.59 Å². The van der Waals surface area contributed by atoms with Gasteiger partial charge in [0.25, 0.3) is 5.56 Å². The van der Waals surface area contributed by atoms with E-state index < -0.39 is 0 Å². The number of aromatic nitrogens is 2. The zero-order valence-corrected chi connectivity index (χ0v) is 20.1. The van der Waals surface area contributed by atoms with Gasteiger partial charge in [-0.05, 0) is 55.8 Å². The molecule has 3 aromatic rings. The van der Waals surface area contributed by atoms with Crippen LogP contribution in [0.5, 0.6) is 5.75 Å². The molecule has 1 aromatic heterocycles. The maximum Gasteiger partial charge on any atom is 0.266 e. The lowest BCUT2D eigenvalue weighted by molar-refractivity contribution is -0.131. The average Bonchev–Trinajstić information content (AvgIpc) is 2.86. The van der Waals surface area contributed by atoms with E-state index in [1.54, 1.807) is 6.07 Å². The van der Waals surface area contributed by atoms with Gasteiger partial charge >= 0.3 is 0 Å². The van der Waals surface area contributed by atoms with Gasteiger partial charge in [-0.15, -0.1) is 0 Å². The number of hydrogen-bond acceptors (Lipinski definition) is 5. The lowest BCUT2D eigenvalue weighted by atomic mass is 10.1. The van der Waals surface area contributed by atoms with Crippen LogP contribution in [0.3, 0.4) is 0 Å². The van der Waals surface area contributed by atoms with Crippen LogP contribution in [-0.2, 0) is 11.3 Å². The fourth-order valence-electron chi connectivity index (χ4n) is 4.09. The summed E-state index contributed by atoms with van der Waals surface area (Å²) in [4.78, 5) is 29.1. The highest BCUT2D eigenvalue weighted by molar-refractivity contribution is 6.33. The number of aryl methyl sites for hydroxylation is 1. The van der Waals surface area contributed by atoms with E-state index in [0.29, 0.717) is 44.8 Å². The number of piperazine rings is 1. The molecule has 1 aliphatic rings. The molecular weight excluding hydrogens is 452 g/mol. The number of benzene rings is 2. The van der Waals surface area contributed by atoms with Gasteiger partial charge in [0.15, 0.2) is 0 Å². The van der Waals surface area contributed by atoms with E-state index in [4.69, 9.17) is 16.3 Å². The van der Waals surface area contributed by atoms with Crippen molar-refractivity contribution in [3.63, 3.8) is 0 Å². The molecule has 178 valence electrons. The molecule has 34 heavy (non-hydrogen) atoms. The van der Waals surface area contributed by atoms with Crippen molar-refractivity contribution in [1.82, 2.24) is 14.7 Å². The molecule has 0 unspecified atom stereocenters. The highest BCUT2D eigenvalue weighted by Gasteiger charge is 2.22. The molecule has 0 atom stereocenters. The molecule has 0 saturated carbocycles. The summed E-state index contributed by atoms with van der Waals surface area (Å²) in [7, 11) is 0. The van der Waals surface area contributed by atoms with Crippen LogP contribution in [0.4, 0.5) is 5.69 Å². The molecule has 7 nitrogen and oxygen atoms in total. The first-order chi connectivity index (χ1) is 16.5. The molecule has 1 aliphatic heterocycles. The maximum absolute atomic E-state index is 12.7. The van der Waals surface area contributed by atoms with Crippen molar-refractivity contribution in [2.75, 3.05) is 37.7 Å². The molecule has 2 heterocycles. The molecular formula is C26H29ClN4O3. The van der Waals surface area contributed by atoms with Crippen molar-refractivity contribution >= 4 is 23.2 Å². The summed E-state index contributed by atoms with van der Waals surface area (Å²) in [6.45, 7) is 5.77. The fourth-order valence-corrected chi connectivity index (χ4v) is 4.35. The molecule has 4 rings (SSSR count). The number of rotatable bonds is 8. The summed E-state index contributed by atoms with van der Waals surface area (Å²) in [5, 5.41) is 5.23. The Morgan fingerprint density at radius 3 is 2.44 bits per heavy atom. The Kier molecular flexibility index (Phi) is 7.85. The third kappa shape index (κ3) is 5.78. The third-order valence-electron chi connectivity index (χ3n) is 5.91. The predicted molar refractivity (Wildman–Crippen MR) is 135 cm³/mol. The molecule has 0 bridgehead atoms. The Morgan fingerprint density at radius 1 is 1.00 bits per heavy atom. The van der Waals surface area contributed by atoms with Crippen molar-refractivity contribution in [3.05, 3.63) is 76.0 Å².